The molecule has 9 heteroatoms. The van der Waals surface area contributed by atoms with E-state index in [1.807, 2.05) is 0 Å². The average molecular weight is 310 g/mol. The highest BCUT2D eigenvalue weighted by molar-refractivity contribution is 7.92. The molecule has 1 aromatic carbocycles. The number of carbonyl (C=O) groups excluding carboxylic acids is 1. The van der Waals surface area contributed by atoms with E-state index >= 15 is 0 Å². The van der Waals surface area contributed by atoms with Crippen LogP contribution < -0.4 is 10.0 Å². The third kappa shape index (κ3) is 3.96. The summed E-state index contributed by atoms with van der Waals surface area (Å²) < 4.78 is 31.0. The molecule has 1 amide bonds. The predicted octanol–water partition coefficient (Wildman–Crippen LogP) is 1.78. The molecule has 2 rings (SSSR count). The van der Waals surface area contributed by atoms with Gasteiger partial charge in [-0.15, -0.1) is 0 Å². The van der Waals surface area contributed by atoms with Gasteiger partial charge in [0.1, 0.15) is 4.90 Å². The number of carbonyl (C=O) groups is 1. The Bertz CT molecular complexity index is 695. The highest BCUT2D eigenvalue weighted by Gasteiger charge is 2.15. The molecule has 0 atom stereocenters. The fraction of sp³-hybridized carbons (Fsp3) is 0.167. The maximum atomic E-state index is 11.9. The lowest BCUT2D eigenvalue weighted by Crippen LogP contribution is -2.14. The zero-order valence-electron chi connectivity index (χ0n) is 11.2. The summed E-state index contributed by atoms with van der Waals surface area (Å²) in [4.78, 5) is 11.3. The van der Waals surface area contributed by atoms with Gasteiger partial charge >= 0.3 is 6.09 Å². The molecule has 0 aliphatic heterocycles. The van der Waals surface area contributed by atoms with E-state index in [-0.39, 0.29) is 11.5 Å². The van der Waals surface area contributed by atoms with Crippen LogP contribution in [0.4, 0.5) is 16.2 Å². The van der Waals surface area contributed by atoms with Crippen LogP contribution in [0.15, 0.2) is 41.6 Å². The topological polar surface area (TPSA) is 113 Å². The summed E-state index contributed by atoms with van der Waals surface area (Å²) in [6.07, 6.45) is 1.92. The molecular formula is C12H14N4O4S. The minimum Gasteiger partial charge on any atom is -0.450 e. The van der Waals surface area contributed by atoms with Gasteiger partial charge in [0.25, 0.3) is 10.0 Å². The molecule has 0 saturated heterocycles. The van der Waals surface area contributed by atoms with Crippen LogP contribution in [0.5, 0.6) is 0 Å². The van der Waals surface area contributed by atoms with Gasteiger partial charge in [-0.05, 0) is 31.2 Å². The van der Waals surface area contributed by atoms with Crippen LogP contribution in [0.2, 0.25) is 0 Å². The van der Waals surface area contributed by atoms with Gasteiger partial charge in [-0.25, -0.2) is 13.2 Å². The third-order valence-corrected chi connectivity index (χ3v) is 3.79. The number of H-pyrrole nitrogens is 1. The lowest BCUT2D eigenvalue weighted by atomic mass is 10.3. The highest BCUT2D eigenvalue weighted by atomic mass is 32.2. The fourth-order valence-electron chi connectivity index (χ4n) is 1.51. The smallest absolute Gasteiger partial charge is 0.411 e. The van der Waals surface area contributed by atoms with Gasteiger partial charge < -0.3 is 4.74 Å². The Kier molecular flexibility index (Phi) is 4.43. The molecule has 3 N–H and O–H groups in total. The first kappa shape index (κ1) is 14.9. The molecule has 8 nitrogen and oxygen atoms in total. The third-order valence-electron chi connectivity index (χ3n) is 2.44. The number of hydrogen-bond donors (Lipinski definition) is 3. The van der Waals surface area contributed by atoms with Gasteiger partial charge in [-0.3, -0.25) is 15.1 Å². The highest BCUT2D eigenvalue weighted by Crippen LogP contribution is 2.17. The van der Waals surface area contributed by atoms with Crippen LogP contribution in [-0.4, -0.2) is 31.3 Å². The van der Waals surface area contributed by atoms with Crippen molar-refractivity contribution in [2.45, 2.75) is 11.8 Å². The molecule has 0 bridgehead atoms. The number of anilines is 2. The SMILES string of the molecule is CCOC(=O)Nc1ccc(NS(=O)(=O)c2cn[nH]c2)cc1. The number of amides is 1. The van der Waals surface area contributed by atoms with E-state index in [1.54, 1.807) is 19.1 Å². The van der Waals surface area contributed by atoms with Gasteiger partial charge in [0.05, 0.1) is 12.8 Å². The van der Waals surface area contributed by atoms with Crippen molar-refractivity contribution in [3.05, 3.63) is 36.7 Å². The van der Waals surface area contributed by atoms with Gasteiger partial charge in [-0.2, -0.15) is 5.10 Å². The maximum Gasteiger partial charge on any atom is 0.411 e. The van der Waals surface area contributed by atoms with Crippen molar-refractivity contribution < 1.29 is 17.9 Å². The van der Waals surface area contributed by atoms with Crippen LogP contribution >= 0.6 is 0 Å². The van der Waals surface area contributed by atoms with Crippen molar-refractivity contribution in [3.8, 4) is 0 Å². The molecule has 1 heterocycles. The summed E-state index contributed by atoms with van der Waals surface area (Å²) in [7, 11) is -3.67. The molecule has 112 valence electrons. The minimum absolute atomic E-state index is 0.0382. The van der Waals surface area contributed by atoms with E-state index in [4.69, 9.17) is 4.74 Å². The van der Waals surface area contributed by atoms with Gasteiger partial charge in [0.2, 0.25) is 0 Å². The Balaban J connectivity index is 2.04. The molecule has 2 aromatic rings. The minimum atomic E-state index is -3.67. The summed E-state index contributed by atoms with van der Waals surface area (Å²) in [5, 5.41) is 8.53. The van der Waals surface area contributed by atoms with E-state index in [0.717, 1.165) is 0 Å². The number of nitrogens with one attached hydrogen (secondary N) is 3. The number of ether oxygens (including phenoxy) is 1. The summed E-state index contributed by atoms with van der Waals surface area (Å²) in [6, 6.07) is 6.17. The van der Waals surface area contributed by atoms with Crippen LogP contribution in [0, 0.1) is 0 Å². The molecule has 0 unspecified atom stereocenters. The first-order chi connectivity index (χ1) is 10.0. The second-order valence-corrected chi connectivity index (χ2v) is 5.64. The number of aromatic amines is 1. The molecule has 0 saturated carbocycles. The lowest BCUT2D eigenvalue weighted by molar-refractivity contribution is 0.168. The average Bonchev–Trinajstić information content (AvgIpc) is 2.96. The summed E-state index contributed by atoms with van der Waals surface area (Å²) >= 11 is 0. The summed E-state index contributed by atoms with van der Waals surface area (Å²) in [5.41, 5.74) is 0.866. The Morgan fingerprint density at radius 3 is 2.52 bits per heavy atom. The van der Waals surface area contributed by atoms with E-state index in [9.17, 15) is 13.2 Å². The molecule has 0 fully saturated rings. The zero-order chi connectivity index (χ0) is 15.3. The summed E-state index contributed by atoms with van der Waals surface area (Å²) in [5.74, 6) is 0. The molecule has 21 heavy (non-hydrogen) atoms. The second kappa shape index (κ2) is 6.27. The first-order valence-electron chi connectivity index (χ1n) is 6.06. The lowest BCUT2D eigenvalue weighted by Gasteiger charge is -2.08. The van der Waals surface area contributed by atoms with E-state index in [1.165, 1.54) is 24.5 Å². The van der Waals surface area contributed by atoms with E-state index in [2.05, 4.69) is 20.2 Å². The quantitative estimate of drug-likeness (QED) is 0.779. The Morgan fingerprint density at radius 2 is 1.95 bits per heavy atom. The number of sulfonamides is 1. The van der Waals surface area contributed by atoms with E-state index < -0.39 is 16.1 Å². The van der Waals surface area contributed by atoms with Gasteiger partial charge in [0.15, 0.2) is 0 Å². The molecule has 0 radical (unpaired) electrons. The second-order valence-electron chi connectivity index (χ2n) is 3.96. The van der Waals surface area contributed by atoms with Crippen LogP contribution in [0.25, 0.3) is 0 Å². The van der Waals surface area contributed by atoms with Crippen molar-refractivity contribution in [1.29, 1.82) is 0 Å². The maximum absolute atomic E-state index is 11.9. The Labute approximate surface area is 121 Å². The molecule has 0 spiro atoms. The van der Waals surface area contributed by atoms with Crippen molar-refractivity contribution in [2.24, 2.45) is 0 Å². The molecule has 1 aromatic heterocycles. The number of aromatic nitrogens is 2. The normalized spacial score (nSPS) is 10.9. The standard InChI is InChI=1S/C12H14N4O4S/c1-2-20-12(17)15-9-3-5-10(6-4-9)16-21(18,19)11-7-13-14-8-11/h3-8,16H,2H2,1H3,(H,13,14)(H,15,17). The van der Waals surface area contributed by atoms with Crippen molar-refractivity contribution in [3.63, 3.8) is 0 Å². The van der Waals surface area contributed by atoms with Crippen molar-refractivity contribution in [2.75, 3.05) is 16.6 Å². The van der Waals surface area contributed by atoms with Gasteiger partial charge in [0, 0.05) is 17.6 Å². The predicted molar refractivity (Wildman–Crippen MR) is 76.5 cm³/mol. The molecule has 0 aliphatic rings. The van der Waals surface area contributed by atoms with Gasteiger partial charge in [-0.1, -0.05) is 0 Å². The molecule has 0 aliphatic carbocycles. The number of benzene rings is 1. The zero-order valence-corrected chi connectivity index (χ0v) is 12.0. The van der Waals surface area contributed by atoms with Crippen molar-refractivity contribution in [1.82, 2.24) is 10.2 Å². The Morgan fingerprint density at radius 1 is 1.29 bits per heavy atom. The molecular weight excluding hydrogens is 296 g/mol. The number of hydrogen-bond acceptors (Lipinski definition) is 5. The number of nitrogens with zero attached hydrogens (tertiary/aromatic N) is 1. The van der Waals surface area contributed by atoms with Crippen LogP contribution in [-0.2, 0) is 14.8 Å². The largest absolute Gasteiger partial charge is 0.450 e. The van der Waals surface area contributed by atoms with Crippen LogP contribution in [0.1, 0.15) is 6.92 Å². The van der Waals surface area contributed by atoms with Crippen molar-refractivity contribution >= 4 is 27.5 Å². The first-order valence-corrected chi connectivity index (χ1v) is 7.55. The summed E-state index contributed by atoms with van der Waals surface area (Å²) in [6.45, 7) is 1.97. The Hall–Kier alpha value is -2.55. The number of rotatable bonds is 5. The monoisotopic (exact) mass is 310 g/mol. The van der Waals surface area contributed by atoms with E-state index in [0.29, 0.717) is 11.4 Å². The van der Waals surface area contributed by atoms with Crippen LogP contribution in [0.3, 0.4) is 0 Å². The fourth-order valence-corrected chi connectivity index (χ4v) is 2.47.